The Balaban J connectivity index is 0.000000261. The Morgan fingerprint density at radius 1 is 1.75 bits per heavy atom. The molecule has 0 atom stereocenters. The van der Waals surface area contributed by atoms with Gasteiger partial charge in [0.2, 0.25) is 0 Å². The van der Waals surface area contributed by atoms with Gasteiger partial charge in [0.25, 0.3) is 0 Å². The zero-order valence-corrected chi connectivity index (χ0v) is 12.7. The Bertz CT molecular complexity index is 171. The van der Waals surface area contributed by atoms with Gasteiger partial charge in [0.05, 0.1) is 0 Å². The zero-order valence-electron chi connectivity index (χ0n) is 7.52. The van der Waals surface area contributed by atoms with Crippen molar-refractivity contribution in [1.29, 1.82) is 0 Å². The fraction of sp³-hybridized carbons (Fsp3) is 0.400. The molecule has 0 aromatic rings. The van der Waals surface area contributed by atoms with E-state index in [0.717, 1.165) is 5.33 Å². The molecular weight excluding hydrogens is 379 g/mol. The molecule has 0 nitrogen and oxygen atoms in total. The number of rotatable bonds is 3. The maximum atomic E-state index is 3.43. The van der Waals surface area contributed by atoms with Crippen LogP contribution in [0.1, 0.15) is 13.3 Å². The fourth-order valence-electron chi connectivity index (χ4n) is 0.805. The molecule has 0 bridgehead atoms. The predicted molar refractivity (Wildman–Crippen MR) is 56.3 cm³/mol. The van der Waals surface area contributed by atoms with Crippen molar-refractivity contribution in [1.82, 2.24) is 0 Å². The standard InChI is InChI=1S/C5H5.C3H5Br.C2H5.Hf/c1-2-4-5-3-1;1-2-3-4;1-2;/h1-3H,4H2;2H,1,3H2;1H2,2H3;. The molecule has 0 amide bonds. The van der Waals surface area contributed by atoms with Crippen LogP contribution in [0, 0.1) is 0 Å². The third kappa shape index (κ3) is 7.23. The molecule has 0 aromatic carbocycles. The molecule has 12 heavy (non-hydrogen) atoms. The minimum atomic E-state index is -0.238. The van der Waals surface area contributed by atoms with E-state index in [9.17, 15) is 0 Å². The van der Waals surface area contributed by atoms with Gasteiger partial charge in [-0.25, -0.2) is 0 Å². The van der Waals surface area contributed by atoms with Crippen LogP contribution in [0.3, 0.4) is 0 Å². The number of hydrogen-bond acceptors (Lipinski definition) is 0. The van der Waals surface area contributed by atoms with E-state index in [2.05, 4.69) is 47.7 Å². The van der Waals surface area contributed by atoms with E-state index < -0.39 is 0 Å². The van der Waals surface area contributed by atoms with Gasteiger partial charge in [-0.1, -0.05) is 22.0 Å². The first-order chi connectivity index (χ1) is 5.85. The normalized spacial score (nSPS) is 13.0. The van der Waals surface area contributed by atoms with Gasteiger partial charge in [0, 0.05) is 5.33 Å². The summed E-state index contributed by atoms with van der Waals surface area (Å²) in [6, 6.07) is 0. The van der Waals surface area contributed by atoms with Crippen molar-refractivity contribution >= 4 is 15.9 Å². The van der Waals surface area contributed by atoms with Crippen LogP contribution in [0.15, 0.2) is 34.2 Å². The number of hydrogen-bond donors (Lipinski definition) is 0. The first-order valence-corrected chi connectivity index (χ1v) is 9.57. The van der Waals surface area contributed by atoms with E-state index in [4.69, 9.17) is 0 Å². The van der Waals surface area contributed by atoms with Crippen molar-refractivity contribution < 1.29 is 22.9 Å². The van der Waals surface area contributed by atoms with Crippen molar-refractivity contribution in [2.45, 2.75) is 17.5 Å². The van der Waals surface area contributed by atoms with E-state index in [1.165, 1.54) is 10.6 Å². The molecule has 2 heteroatoms. The average Bonchev–Trinajstić information content (AvgIpc) is 2.58. The topological polar surface area (TPSA) is 0 Å². The average molecular weight is 394 g/mol. The Hall–Kier alpha value is 0.570. The quantitative estimate of drug-likeness (QED) is 0.387. The van der Waals surface area contributed by atoms with E-state index in [-0.39, 0.29) is 22.9 Å². The molecule has 0 aliphatic heterocycles. The van der Waals surface area contributed by atoms with Crippen molar-refractivity contribution in [3.63, 3.8) is 0 Å². The summed E-state index contributed by atoms with van der Waals surface area (Å²) in [6.45, 7) is 5.74. The number of halogens is 1. The summed E-state index contributed by atoms with van der Waals surface area (Å²) in [5.41, 5.74) is 0. The molecule has 0 saturated carbocycles. The van der Waals surface area contributed by atoms with Gasteiger partial charge in [0.1, 0.15) is 0 Å². The monoisotopic (exact) mass is 394 g/mol. The molecule has 0 heterocycles. The molecule has 1 aliphatic rings. The summed E-state index contributed by atoms with van der Waals surface area (Å²) in [5, 5.41) is 0.896. The summed E-state index contributed by atoms with van der Waals surface area (Å²) < 4.78 is 3.26. The van der Waals surface area contributed by atoms with Crippen molar-refractivity contribution in [2.24, 2.45) is 0 Å². The number of allylic oxidation sites excluding steroid dienone is 5. The van der Waals surface area contributed by atoms with Gasteiger partial charge in [-0.3, -0.25) is 0 Å². The molecule has 1 rings (SSSR count). The van der Waals surface area contributed by atoms with Crippen LogP contribution in [0.25, 0.3) is 0 Å². The summed E-state index contributed by atoms with van der Waals surface area (Å²) in [5.74, 6) is 0. The van der Waals surface area contributed by atoms with Crippen molar-refractivity contribution in [2.75, 3.05) is 5.33 Å². The van der Waals surface area contributed by atoms with Gasteiger partial charge >= 0.3 is 62.0 Å². The third-order valence-corrected chi connectivity index (χ3v) is 5.98. The van der Waals surface area contributed by atoms with Crippen LogP contribution in [0.4, 0.5) is 0 Å². The Morgan fingerprint density at radius 2 is 2.42 bits per heavy atom. The molecule has 0 unspecified atom stereocenters. The Labute approximate surface area is 95.3 Å². The summed E-state index contributed by atoms with van der Waals surface area (Å²) in [7, 11) is 0. The zero-order chi connectivity index (χ0) is 9.23. The van der Waals surface area contributed by atoms with E-state index in [0.29, 0.717) is 0 Å². The molecule has 1 aliphatic carbocycles. The second kappa shape index (κ2) is 9.66. The summed E-state index contributed by atoms with van der Waals surface area (Å²) in [4.78, 5) is 0. The summed E-state index contributed by atoms with van der Waals surface area (Å²) in [6.07, 6.45) is 9.85. The van der Waals surface area contributed by atoms with Gasteiger partial charge in [-0.2, -0.15) is 0 Å². The number of alkyl halides is 1. The molecule has 0 N–H and O–H groups in total. The first-order valence-electron chi connectivity index (χ1n) is 4.11. The molecule has 66 valence electrons. The van der Waals surface area contributed by atoms with Gasteiger partial charge in [-0.15, -0.1) is 6.58 Å². The predicted octanol–water partition coefficient (Wildman–Crippen LogP) is 3.92. The second-order valence-electron chi connectivity index (χ2n) is 2.30. The van der Waals surface area contributed by atoms with E-state index in [1.807, 2.05) is 0 Å². The van der Waals surface area contributed by atoms with Crippen LogP contribution in [0.5, 0.6) is 0 Å². The maximum absolute atomic E-state index is 3.43. The van der Waals surface area contributed by atoms with E-state index >= 15 is 0 Å². The van der Waals surface area contributed by atoms with Crippen LogP contribution in [0.2, 0.25) is 4.18 Å². The second-order valence-corrected chi connectivity index (χ2v) is 9.06. The third-order valence-electron chi connectivity index (χ3n) is 1.28. The van der Waals surface area contributed by atoms with Gasteiger partial charge in [-0.05, 0) is 0 Å². The van der Waals surface area contributed by atoms with Crippen molar-refractivity contribution in [3.05, 3.63) is 34.2 Å². The Morgan fingerprint density at radius 3 is 2.75 bits per heavy atom. The fourth-order valence-corrected chi connectivity index (χ4v) is 4.15. The molecular formula is C10H15BrHf. The minimum absolute atomic E-state index is 0.238. The Kier molecular flexibility index (Phi) is 10.1. The molecule has 0 spiro atoms. The van der Waals surface area contributed by atoms with Crippen LogP contribution in [-0.4, -0.2) is 5.33 Å². The molecule has 0 saturated heterocycles. The van der Waals surface area contributed by atoms with Gasteiger partial charge < -0.3 is 0 Å². The summed E-state index contributed by atoms with van der Waals surface area (Å²) >= 11 is 2.89. The van der Waals surface area contributed by atoms with Crippen LogP contribution >= 0.6 is 15.9 Å². The van der Waals surface area contributed by atoms with Crippen molar-refractivity contribution in [3.8, 4) is 0 Å². The van der Waals surface area contributed by atoms with Crippen LogP contribution in [-0.2, 0) is 22.9 Å². The molecule has 0 fully saturated rings. The molecule has 0 aromatic heterocycles. The van der Waals surface area contributed by atoms with E-state index in [1.54, 1.807) is 9.41 Å². The molecule has 0 radical (unpaired) electrons. The SMILES string of the molecule is C=CCBr.C[CH2][Hf][C]1=CC=CC1. The van der Waals surface area contributed by atoms with Crippen LogP contribution < -0.4 is 0 Å². The van der Waals surface area contributed by atoms with Gasteiger partial charge in [0.15, 0.2) is 0 Å². The first kappa shape index (κ1) is 12.6.